The molecule has 19 heavy (non-hydrogen) atoms. The third-order valence-electron chi connectivity index (χ3n) is 3.82. The molecule has 1 saturated carbocycles. The van der Waals surface area contributed by atoms with Crippen LogP contribution in [0, 0.1) is 5.92 Å². The zero-order valence-corrected chi connectivity index (χ0v) is 11.7. The van der Waals surface area contributed by atoms with Crippen LogP contribution in [-0.4, -0.2) is 17.1 Å². The first kappa shape index (κ1) is 12.6. The standard InChI is InChI=1S/C15H17NO2S/c1-9(10-6-7-10)16-8-12-11-4-2-3-5-13(11)19-14(12)15(17)18/h2-5,9-10,16H,6-8H2,1H3,(H,17,18). The van der Waals surface area contributed by atoms with Gasteiger partial charge in [-0.15, -0.1) is 11.3 Å². The Labute approximate surface area is 116 Å². The van der Waals surface area contributed by atoms with Gasteiger partial charge < -0.3 is 10.4 Å². The van der Waals surface area contributed by atoms with E-state index in [0.717, 1.165) is 21.6 Å². The molecule has 0 spiro atoms. The quantitative estimate of drug-likeness (QED) is 0.878. The maximum absolute atomic E-state index is 11.4. The third kappa shape index (κ3) is 2.51. The smallest absolute Gasteiger partial charge is 0.346 e. The molecule has 1 aliphatic rings. The van der Waals surface area contributed by atoms with Gasteiger partial charge in [-0.3, -0.25) is 0 Å². The number of nitrogens with one attached hydrogen (secondary N) is 1. The van der Waals surface area contributed by atoms with E-state index < -0.39 is 5.97 Å². The SMILES string of the molecule is CC(NCc1c(C(=O)O)sc2ccccc12)C1CC1. The molecule has 0 bridgehead atoms. The number of rotatable bonds is 5. The maximum Gasteiger partial charge on any atom is 0.346 e. The lowest BCUT2D eigenvalue weighted by Crippen LogP contribution is -2.27. The minimum atomic E-state index is -0.822. The van der Waals surface area contributed by atoms with Gasteiger partial charge in [0.2, 0.25) is 0 Å². The third-order valence-corrected chi connectivity index (χ3v) is 5.02. The van der Waals surface area contributed by atoms with E-state index in [4.69, 9.17) is 0 Å². The molecule has 4 heteroatoms. The summed E-state index contributed by atoms with van der Waals surface area (Å²) in [5.74, 6) is -0.0461. The van der Waals surface area contributed by atoms with Crippen molar-refractivity contribution < 1.29 is 9.90 Å². The van der Waals surface area contributed by atoms with E-state index in [1.807, 2.05) is 24.3 Å². The number of fused-ring (bicyclic) bond motifs is 1. The van der Waals surface area contributed by atoms with Crippen LogP contribution in [0.5, 0.6) is 0 Å². The highest BCUT2D eigenvalue weighted by molar-refractivity contribution is 7.21. The van der Waals surface area contributed by atoms with E-state index >= 15 is 0 Å². The Morgan fingerprint density at radius 1 is 1.47 bits per heavy atom. The highest BCUT2D eigenvalue weighted by Gasteiger charge is 2.28. The van der Waals surface area contributed by atoms with Gasteiger partial charge in [0.05, 0.1) is 0 Å². The van der Waals surface area contributed by atoms with Crippen molar-refractivity contribution in [2.75, 3.05) is 0 Å². The van der Waals surface area contributed by atoms with Gasteiger partial charge in [0, 0.05) is 17.3 Å². The molecule has 1 aromatic heterocycles. The van der Waals surface area contributed by atoms with Crippen molar-refractivity contribution in [3.8, 4) is 0 Å². The van der Waals surface area contributed by atoms with E-state index in [-0.39, 0.29) is 0 Å². The fourth-order valence-electron chi connectivity index (χ4n) is 2.47. The summed E-state index contributed by atoms with van der Waals surface area (Å²) < 4.78 is 1.05. The van der Waals surface area contributed by atoms with Crippen LogP contribution in [0.4, 0.5) is 0 Å². The fourth-order valence-corrected chi connectivity index (χ4v) is 3.53. The van der Waals surface area contributed by atoms with Crippen LogP contribution in [0.3, 0.4) is 0 Å². The minimum absolute atomic E-state index is 0.469. The predicted molar refractivity (Wildman–Crippen MR) is 77.8 cm³/mol. The minimum Gasteiger partial charge on any atom is -0.477 e. The number of aromatic carboxylic acids is 1. The Kier molecular flexibility index (Phi) is 3.29. The van der Waals surface area contributed by atoms with Crippen molar-refractivity contribution in [2.24, 2.45) is 5.92 Å². The van der Waals surface area contributed by atoms with Crippen molar-refractivity contribution in [3.05, 3.63) is 34.7 Å². The molecule has 100 valence electrons. The van der Waals surface area contributed by atoms with Gasteiger partial charge in [0.1, 0.15) is 4.88 Å². The highest BCUT2D eigenvalue weighted by Crippen LogP contribution is 2.34. The lowest BCUT2D eigenvalue weighted by atomic mass is 10.1. The summed E-state index contributed by atoms with van der Waals surface area (Å²) in [5, 5.41) is 13.9. The normalized spacial score (nSPS) is 16.7. The molecule has 0 saturated heterocycles. The highest BCUT2D eigenvalue weighted by atomic mass is 32.1. The Morgan fingerprint density at radius 2 is 2.21 bits per heavy atom. The van der Waals surface area contributed by atoms with Crippen LogP contribution >= 0.6 is 11.3 Å². The molecule has 2 aromatic rings. The van der Waals surface area contributed by atoms with E-state index in [9.17, 15) is 9.90 Å². The molecule has 3 rings (SSSR count). The van der Waals surface area contributed by atoms with Crippen molar-refractivity contribution in [1.82, 2.24) is 5.32 Å². The molecular formula is C15H17NO2S. The second-order valence-corrected chi connectivity index (χ2v) is 6.27. The number of hydrogen-bond donors (Lipinski definition) is 2. The summed E-state index contributed by atoms with van der Waals surface area (Å²) in [6.45, 7) is 2.83. The van der Waals surface area contributed by atoms with Crippen molar-refractivity contribution in [1.29, 1.82) is 0 Å². The van der Waals surface area contributed by atoms with Crippen LogP contribution in [0.15, 0.2) is 24.3 Å². The molecule has 1 atom stereocenters. The number of benzene rings is 1. The maximum atomic E-state index is 11.4. The van der Waals surface area contributed by atoms with E-state index in [1.165, 1.54) is 24.2 Å². The van der Waals surface area contributed by atoms with E-state index in [2.05, 4.69) is 12.2 Å². The summed E-state index contributed by atoms with van der Waals surface area (Å²) >= 11 is 1.37. The van der Waals surface area contributed by atoms with Crippen molar-refractivity contribution >= 4 is 27.4 Å². The monoisotopic (exact) mass is 275 g/mol. The van der Waals surface area contributed by atoms with Crippen molar-refractivity contribution in [2.45, 2.75) is 32.4 Å². The van der Waals surface area contributed by atoms with Gasteiger partial charge in [-0.2, -0.15) is 0 Å². The van der Waals surface area contributed by atoms with Gasteiger partial charge in [-0.25, -0.2) is 4.79 Å². The molecule has 2 N–H and O–H groups in total. The Morgan fingerprint density at radius 3 is 2.89 bits per heavy atom. The topological polar surface area (TPSA) is 49.3 Å². The number of thiophene rings is 1. The average Bonchev–Trinajstić information content (AvgIpc) is 3.17. The average molecular weight is 275 g/mol. The molecular weight excluding hydrogens is 258 g/mol. The van der Waals surface area contributed by atoms with Crippen LogP contribution in [0.25, 0.3) is 10.1 Å². The Hall–Kier alpha value is -1.39. The summed E-state index contributed by atoms with van der Waals surface area (Å²) in [4.78, 5) is 11.8. The zero-order chi connectivity index (χ0) is 13.4. The van der Waals surface area contributed by atoms with Crippen LogP contribution < -0.4 is 5.32 Å². The molecule has 0 aliphatic heterocycles. The summed E-state index contributed by atoms with van der Waals surface area (Å²) in [7, 11) is 0. The fraction of sp³-hybridized carbons (Fsp3) is 0.400. The molecule has 1 heterocycles. The first-order chi connectivity index (χ1) is 9.16. The molecule has 1 unspecified atom stereocenters. The molecule has 0 radical (unpaired) electrons. The molecule has 0 amide bonds. The molecule has 1 aromatic carbocycles. The van der Waals surface area contributed by atoms with E-state index in [0.29, 0.717) is 17.5 Å². The lowest BCUT2D eigenvalue weighted by molar-refractivity contribution is 0.0701. The van der Waals surface area contributed by atoms with Gasteiger partial charge in [-0.1, -0.05) is 18.2 Å². The van der Waals surface area contributed by atoms with Gasteiger partial charge in [0.25, 0.3) is 0 Å². The summed E-state index contributed by atoms with van der Waals surface area (Å²) in [5.41, 5.74) is 0.931. The summed E-state index contributed by atoms with van der Waals surface area (Å²) in [6, 6.07) is 8.39. The van der Waals surface area contributed by atoms with Gasteiger partial charge >= 0.3 is 5.97 Å². The molecule has 1 aliphatic carbocycles. The first-order valence-electron chi connectivity index (χ1n) is 6.64. The van der Waals surface area contributed by atoms with Gasteiger partial charge in [-0.05, 0) is 42.7 Å². The molecule has 1 fully saturated rings. The number of carbonyl (C=O) groups is 1. The predicted octanol–water partition coefficient (Wildman–Crippen LogP) is 3.49. The van der Waals surface area contributed by atoms with Crippen LogP contribution in [0.1, 0.15) is 35.0 Å². The van der Waals surface area contributed by atoms with E-state index in [1.54, 1.807) is 0 Å². The van der Waals surface area contributed by atoms with Crippen LogP contribution in [-0.2, 0) is 6.54 Å². The van der Waals surface area contributed by atoms with Crippen molar-refractivity contribution in [3.63, 3.8) is 0 Å². The van der Waals surface area contributed by atoms with Gasteiger partial charge in [0.15, 0.2) is 0 Å². The second-order valence-electron chi connectivity index (χ2n) is 5.22. The Bertz CT molecular complexity index is 616. The number of carboxylic acid groups (broad SMARTS) is 1. The lowest BCUT2D eigenvalue weighted by Gasteiger charge is -2.12. The largest absolute Gasteiger partial charge is 0.477 e. The van der Waals surface area contributed by atoms with Crippen LogP contribution in [0.2, 0.25) is 0 Å². The molecule has 3 nitrogen and oxygen atoms in total. The number of carboxylic acids is 1. The number of hydrogen-bond acceptors (Lipinski definition) is 3. The first-order valence-corrected chi connectivity index (χ1v) is 7.45. The Balaban J connectivity index is 1.90. The second kappa shape index (κ2) is 4.94. The zero-order valence-electron chi connectivity index (χ0n) is 10.8. The summed E-state index contributed by atoms with van der Waals surface area (Å²) in [6.07, 6.45) is 2.59.